The molecule has 10 nitrogen and oxygen atoms in total. The highest BCUT2D eigenvalue weighted by molar-refractivity contribution is 7.92. The van der Waals surface area contributed by atoms with E-state index in [2.05, 4.69) is 43.2 Å². The Morgan fingerprint density at radius 1 is 1.10 bits per heavy atom. The van der Waals surface area contributed by atoms with E-state index in [-0.39, 0.29) is 23.8 Å². The summed E-state index contributed by atoms with van der Waals surface area (Å²) >= 11 is 6.46. The number of amides is 3. The summed E-state index contributed by atoms with van der Waals surface area (Å²) in [6.07, 6.45) is 9.66. The van der Waals surface area contributed by atoms with Gasteiger partial charge in [-0.15, -0.1) is 4.36 Å². The van der Waals surface area contributed by atoms with Crippen LogP contribution in [0.25, 0.3) is 0 Å². The summed E-state index contributed by atoms with van der Waals surface area (Å²) in [5.74, 6) is 0.718. The van der Waals surface area contributed by atoms with Gasteiger partial charge in [0.2, 0.25) is 0 Å². The maximum atomic E-state index is 14.5. The Bertz CT molecular complexity index is 1680. The largest absolute Gasteiger partial charge is 0.491 e. The summed E-state index contributed by atoms with van der Waals surface area (Å²) in [6, 6.07) is 11.2. The molecule has 3 heterocycles. The number of urea groups is 1. The lowest BCUT2D eigenvalue weighted by Gasteiger charge is -2.43. The zero-order chi connectivity index (χ0) is 34.7. The standard InChI is InChI=1S/C37H50ClN5O5S/c1-25-8-7-10-34(47-4)32-15-12-29(32)21-42-20-28-11-14-30(38)18-26(28)9-5-6-17-48-35-16-13-27(19-33(35)42)36(44)39-49(46,24-25)40-37(45)43-22-31(23-43)41(2)3/h7,10-11,13-14,16,18-19,25,29,31-32,34H,5-6,8-9,12,15,17,20-24H2,1-4H3,(H,39,40,44,45,46)/b10-7+/t25-,29-,32+,34-,49-/m0/s1. The molecule has 2 bridgehead atoms. The van der Waals surface area contributed by atoms with Crippen molar-refractivity contribution in [2.24, 2.45) is 22.1 Å². The fourth-order valence-corrected chi connectivity index (χ4v) is 9.40. The third-order valence-electron chi connectivity index (χ3n) is 10.5. The molecule has 49 heavy (non-hydrogen) atoms. The molecule has 4 aliphatic rings. The number of halogens is 1. The minimum absolute atomic E-state index is 0.0446. The number of fused-ring (bicyclic) bond motifs is 3. The SMILES string of the molecule is CO[C@H]1/C=C/C[C@H](C)C[S@@](=O)(NC(=O)N2CC(N(C)C)C2)=NC(=O)c2ccc3c(c2)N(Cc2ccc(Cl)cc2CCCCO3)C[C@@H]2CC[C@H]21. The number of hydrogen-bond acceptors (Lipinski definition) is 7. The zero-order valence-corrected chi connectivity index (χ0v) is 30.7. The number of hydrogen-bond donors (Lipinski definition) is 1. The number of carbonyl (C=O) groups is 2. The smallest absolute Gasteiger partial charge is 0.329 e. The van der Waals surface area contributed by atoms with Crippen molar-refractivity contribution in [1.29, 1.82) is 0 Å². The number of likely N-dealkylation sites (tertiary alicyclic amines) is 1. The minimum atomic E-state index is -3.46. The van der Waals surface area contributed by atoms with E-state index < -0.39 is 21.9 Å². The molecule has 12 heteroatoms. The normalized spacial score (nSPS) is 28.8. The van der Waals surface area contributed by atoms with Gasteiger partial charge in [-0.05, 0) is 112 Å². The summed E-state index contributed by atoms with van der Waals surface area (Å²) in [4.78, 5) is 33.2. The summed E-state index contributed by atoms with van der Waals surface area (Å²) in [5, 5.41) is 0.721. The van der Waals surface area contributed by atoms with Crippen LogP contribution >= 0.6 is 11.6 Å². The molecule has 3 amide bonds. The van der Waals surface area contributed by atoms with E-state index >= 15 is 0 Å². The quantitative estimate of drug-likeness (QED) is 0.380. The van der Waals surface area contributed by atoms with Crippen LogP contribution in [-0.2, 0) is 27.6 Å². The van der Waals surface area contributed by atoms with Crippen LogP contribution in [0.15, 0.2) is 52.9 Å². The highest BCUT2D eigenvalue weighted by atomic mass is 35.5. The van der Waals surface area contributed by atoms with Gasteiger partial charge in [-0.1, -0.05) is 36.7 Å². The highest BCUT2D eigenvalue weighted by Gasteiger charge is 2.38. The molecular formula is C37H50ClN5O5S. The molecule has 1 saturated carbocycles. The first-order valence-corrected chi connectivity index (χ1v) is 19.6. The van der Waals surface area contributed by atoms with Crippen LogP contribution in [-0.4, -0.2) is 91.3 Å². The van der Waals surface area contributed by atoms with Crippen LogP contribution in [0.4, 0.5) is 10.5 Å². The first kappa shape index (κ1) is 35.7. The number of anilines is 1. The minimum Gasteiger partial charge on any atom is -0.491 e. The van der Waals surface area contributed by atoms with Gasteiger partial charge < -0.3 is 24.2 Å². The molecule has 2 aromatic carbocycles. The van der Waals surface area contributed by atoms with Crippen molar-refractivity contribution >= 4 is 39.1 Å². The van der Waals surface area contributed by atoms with Gasteiger partial charge in [0, 0.05) is 49.9 Å². The number of ether oxygens (including phenoxy) is 2. The van der Waals surface area contributed by atoms with Crippen molar-refractivity contribution in [3.63, 3.8) is 0 Å². The third-order valence-corrected chi connectivity index (χ3v) is 12.7. The van der Waals surface area contributed by atoms with Crippen molar-refractivity contribution in [1.82, 2.24) is 14.5 Å². The average Bonchev–Trinajstić information content (AvgIpc) is 3.03. The zero-order valence-electron chi connectivity index (χ0n) is 29.1. The fourth-order valence-electron chi connectivity index (χ4n) is 7.32. The molecule has 1 N–H and O–H groups in total. The number of nitrogens with zero attached hydrogens (tertiary/aromatic N) is 4. The molecular weight excluding hydrogens is 662 g/mol. The van der Waals surface area contributed by atoms with E-state index in [1.165, 1.54) is 11.1 Å². The van der Waals surface area contributed by atoms with E-state index in [9.17, 15) is 13.8 Å². The third kappa shape index (κ3) is 8.44. The Morgan fingerprint density at radius 2 is 1.92 bits per heavy atom. The van der Waals surface area contributed by atoms with Crippen molar-refractivity contribution < 1.29 is 23.3 Å². The number of likely N-dealkylation sites (N-methyl/N-ethyl adjacent to an activating group) is 1. The molecule has 2 fully saturated rings. The molecule has 1 saturated heterocycles. The summed E-state index contributed by atoms with van der Waals surface area (Å²) in [5.41, 5.74) is 3.51. The lowest BCUT2D eigenvalue weighted by molar-refractivity contribution is 0.0133. The number of aryl methyl sites for hydroxylation is 1. The fraction of sp³-hybridized carbons (Fsp3) is 0.568. The number of rotatable bonds is 3. The maximum Gasteiger partial charge on any atom is 0.329 e. The van der Waals surface area contributed by atoms with Gasteiger partial charge >= 0.3 is 6.03 Å². The average molecular weight is 712 g/mol. The second kappa shape index (κ2) is 15.4. The van der Waals surface area contributed by atoms with Crippen molar-refractivity contribution in [3.8, 4) is 5.75 Å². The van der Waals surface area contributed by atoms with Gasteiger partial charge in [-0.2, -0.15) is 0 Å². The summed E-state index contributed by atoms with van der Waals surface area (Å²) < 4.78 is 33.8. The molecule has 2 aromatic rings. The van der Waals surface area contributed by atoms with Gasteiger partial charge in [0.1, 0.15) is 15.7 Å². The molecule has 0 aromatic heterocycles. The number of allylic oxidation sites excluding steroid dienone is 1. The number of nitrogens with one attached hydrogen (secondary N) is 1. The number of methoxy groups -OCH3 is 1. The van der Waals surface area contributed by atoms with Gasteiger partial charge in [-0.25, -0.2) is 9.00 Å². The van der Waals surface area contributed by atoms with E-state index in [1.807, 2.05) is 39.2 Å². The van der Waals surface area contributed by atoms with Gasteiger partial charge in [0.25, 0.3) is 5.91 Å². The van der Waals surface area contributed by atoms with E-state index in [0.717, 1.165) is 49.4 Å². The number of benzene rings is 2. The van der Waals surface area contributed by atoms with Crippen molar-refractivity contribution in [2.45, 2.75) is 64.1 Å². The van der Waals surface area contributed by atoms with Gasteiger partial charge in [0.15, 0.2) is 0 Å². The predicted octanol–water partition coefficient (Wildman–Crippen LogP) is 6.18. The van der Waals surface area contributed by atoms with Gasteiger partial charge in [-0.3, -0.25) is 9.52 Å². The Morgan fingerprint density at radius 3 is 2.65 bits per heavy atom. The Hall–Kier alpha value is -3.12. The van der Waals surface area contributed by atoms with E-state index in [0.29, 0.717) is 55.8 Å². The summed E-state index contributed by atoms with van der Waals surface area (Å²) in [6.45, 7) is 4.92. The van der Waals surface area contributed by atoms with Crippen LogP contribution in [0.5, 0.6) is 5.75 Å². The van der Waals surface area contributed by atoms with E-state index in [1.54, 1.807) is 18.1 Å². The molecule has 1 aliphatic carbocycles. The number of carbonyl (C=O) groups excluding carboxylic acids is 2. The topological polar surface area (TPSA) is 104 Å². The predicted molar refractivity (Wildman–Crippen MR) is 195 cm³/mol. The lowest BCUT2D eigenvalue weighted by atomic mass is 9.70. The van der Waals surface area contributed by atoms with Crippen molar-refractivity contribution in [2.75, 3.05) is 58.1 Å². The summed E-state index contributed by atoms with van der Waals surface area (Å²) in [7, 11) is 2.24. The Labute approximate surface area is 296 Å². The monoisotopic (exact) mass is 711 g/mol. The molecule has 266 valence electrons. The Balaban J connectivity index is 1.41. The van der Waals surface area contributed by atoms with Crippen LogP contribution < -0.4 is 14.4 Å². The Kier molecular flexibility index (Phi) is 11.2. The molecule has 5 atom stereocenters. The highest BCUT2D eigenvalue weighted by Crippen LogP contribution is 2.42. The van der Waals surface area contributed by atoms with Crippen molar-refractivity contribution in [3.05, 3.63) is 70.3 Å². The molecule has 0 radical (unpaired) electrons. The molecule has 0 unspecified atom stereocenters. The van der Waals surface area contributed by atoms with Gasteiger partial charge in [0.05, 0.1) is 24.2 Å². The molecule has 0 spiro atoms. The first-order chi connectivity index (χ1) is 23.5. The van der Waals surface area contributed by atoms with Crippen LogP contribution in [0, 0.1) is 17.8 Å². The van der Waals surface area contributed by atoms with Crippen LogP contribution in [0.1, 0.15) is 60.5 Å². The maximum absolute atomic E-state index is 14.5. The second-order valence-electron chi connectivity index (χ2n) is 14.4. The molecule has 3 aliphatic heterocycles. The molecule has 6 rings (SSSR count). The first-order valence-electron chi connectivity index (χ1n) is 17.5. The van der Waals surface area contributed by atoms with Crippen LogP contribution in [0.2, 0.25) is 5.02 Å². The van der Waals surface area contributed by atoms with E-state index in [4.69, 9.17) is 21.1 Å². The van der Waals surface area contributed by atoms with Crippen LogP contribution in [0.3, 0.4) is 0 Å². The second-order valence-corrected chi connectivity index (χ2v) is 16.8. The lowest BCUT2D eigenvalue weighted by Crippen LogP contribution is -2.62.